The first kappa shape index (κ1) is 14.4. The summed E-state index contributed by atoms with van der Waals surface area (Å²) >= 11 is 0. The van der Waals surface area contributed by atoms with E-state index in [4.69, 9.17) is 4.74 Å². The maximum atomic E-state index is 12.6. The number of H-pyrrole nitrogens is 1. The number of allylic oxidation sites excluding steroid dienone is 1. The average molecular weight is 276 g/mol. The number of ketones is 1. The topological polar surface area (TPSA) is 62.4 Å². The van der Waals surface area contributed by atoms with Crippen molar-refractivity contribution < 1.29 is 14.3 Å². The molecule has 1 heterocycles. The molecule has 0 bridgehead atoms. The molecule has 0 amide bonds. The molecule has 20 heavy (non-hydrogen) atoms. The molecule has 108 valence electrons. The highest BCUT2D eigenvalue weighted by Crippen LogP contribution is 2.27. The van der Waals surface area contributed by atoms with E-state index in [1.165, 1.54) is 0 Å². The lowest BCUT2D eigenvalue weighted by Gasteiger charge is -2.10. The number of aryl methyl sites for hydroxylation is 1. The smallest absolute Gasteiger partial charge is 0.340 e. The van der Waals surface area contributed by atoms with Crippen LogP contribution in [0.25, 0.3) is 0 Å². The standard InChI is InChI=1S/C15H20N2O3/c1-4-20-15(19)11-8-16-12-7-5-6-10(9-17(2)3)14(18)13(11)12/h8-9,16H,4-7H2,1-3H3/b10-9-. The molecule has 0 aromatic carbocycles. The van der Waals surface area contributed by atoms with Crippen LogP contribution in [0.15, 0.2) is 18.0 Å². The molecule has 5 heteroatoms. The van der Waals surface area contributed by atoms with Crippen molar-refractivity contribution in [3.8, 4) is 0 Å². The van der Waals surface area contributed by atoms with Gasteiger partial charge in [-0.2, -0.15) is 0 Å². The normalized spacial score (nSPS) is 16.8. The number of fused-ring (bicyclic) bond motifs is 1. The maximum Gasteiger partial charge on any atom is 0.340 e. The molecule has 1 aromatic heterocycles. The summed E-state index contributed by atoms with van der Waals surface area (Å²) in [6, 6.07) is 0. The Hall–Kier alpha value is -2.04. The van der Waals surface area contributed by atoms with E-state index in [9.17, 15) is 9.59 Å². The van der Waals surface area contributed by atoms with Crippen molar-refractivity contribution in [3.63, 3.8) is 0 Å². The Morgan fingerprint density at radius 1 is 1.45 bits per heavy atom. The van der Waals surface area contributed by atoms with Crippen LogP contribution in [0, 0.1) is 0 Å². The fourth-order valence-corrected chi connectivity index (χ4v) is 2.46. The number of aromatic amines is 1. The molecule has 1 aromatic rings. The van der Waals surface area contributed by atoms with Crippen LogP contribution >= 0.6 is 0 Å². The molecule has 0 atom stereocenters. The molecule has 1 N–H and O–H groups in total. The van der Waals surface area contributed by atoms with E-state index in [1.54, 1.807) is 13.1 Å². The molecule has 5 nitrogen and oxygen atoms in total. The summed E-state index contributed by atoms with van der Waals surface area (Å²) in [5.74, 6) is -0.514. The lowest BCUT2D eigenvalue weighted by molar-refractivity contribution is 0.0524. The molecule has 1 aliphatic carbocycles. The summed E-state index contributed by atoms with van der Waals surface area (Å²) in [6.45, 7) is 2.05. The van der Waals surface area contributed by atoms with Gasteiger partial charge in [0.05, 0.1) is 17.7 Å². The molecular weight excluding hydrogens is 256 g/mol. The minimum absolute atomic E-state index is 0.0736. The van der Waals surface area contributed by atoms with Gasteiger partial charge in [0, 0.05) is 37.8 Å². The molecule has 1 aliphatic rings. The van der Waals surface area contributed by atoms with Crippen molar-refractivity contribution in [2.75, 3.05) is 20.7 Å². The Morgan fingerprint density at radius 2 is 2.20 bits per heavy atom. The van der Waals surface area contributed by atoms with E-state index in [-0.39, 0.29) is 5.78 Å². The molecule has 0 unspecified atom stereocenters. The molecule has 0 fully saturated rings. The Kier molecular flexibility index (Phi) is 4.27. The molecule has 0 saturated heterocycles. The monoisotopic (exact) mass is 276 g/mol. The number of esters is 1. The van der Waals surface area contributed by atoms with Gasteiger partial charge in [0.15, 0.2) is 5.78 Å². The zero-order valence-electron chi connectivity index (χ0n) is 12.2. The van der Waals surface area contributed by atoms with E-state index in [2.05, 4.69) is 4.98 Å². The van der Waals surface area contributed by atoms with Crippen LogP contribution in [0.4, 0.5) is 0 Å². The minimum atomic E-state index is -0.440. The Bertz CT molecular complexity index is 555. The predicted molar refractivity (Wildman–Crippen MR) is 75.8 cm³/mol. The highest BCUT2D eigenvalue weighted by Gasteiger charge is 2.28. The number of Topliss-reactive ketones (excluding diaryl/α,β-unsaturated/α-hetero) is 1. The molecule has 0 spiro atoms. The van der Waals surface area contributed by atoms with Gasteiger partial charge in [0.1, 0.15) is 0 Å². The number of hydrogen-bond acceptors (Lipinski definition) is 4. The molecule has 2 rings (SSSR count). The second-order valence-corrected chi connectivity index (χ2v) is 5.08. The lowest BCUT2D eigenvalue weighted by Crippen LogP contribution is -2.13. The molecule has 0 radical (unpaired) electrons. The zero-order chi connectivity index (χ0) is 14.7. The van der Waals surface area contributed by atoms with Gasteiger partial charge in [-0.05, 0) is 26.2 Å². The number of hydrogen-bond donors (Lipinski definition) is 1. The fraction of sp³-hybridized carbons (Fsp3) is 0.467. The highest BCUT2D eigenvalue weighted by atomic mass is 16.5. The van der Waals surface area contributed by atoms with Gasteiger partial charge in [0.2, 0.25) is 0 Å². The van der Waals surface area contributed by atoms with Gasteiger partial charge in [0.25, 0.3) is 0 Å². The van der Waals surface area contributed by atoms with E-state index >= 15 is 0 Å². The van der Waals surface area contributed by atoms with Crippen molar-refractivity contribution in [2.24, 2.45) is 0 Å². The van der Waals surface area contributed by atoms with Crippen LogP contribution in [-0.4, -0.2) is 42.3 Å². The first-order valence-corrected chi connectivity index (χ1v) is 6.83. The third-order valence-corrected chi connectivity index (χ3v) is 3.26. The lowest BCUT2D eigenvalue weighted by atomic mass is 10.0. The number of aromatic nitrogens is 1. The Balaban J connectivity index is 2.43. The highest BCUT2D eigenvalue weighted by molar-refractivity contribution is 6.15. The van der Waals surface area contributed by atoms with Crippen LogP contribution in [-0.2, 0) is 11.2 Å². The van der Waals surface area contributed by atoms with Gasteiger partial charge in [-0.3, -0.25) is 4.79 Å². The fourth-order valence-electron chi connectivity index (χ4n) is 2.46. The number of carbonyl (C=O) groups excluding carboxylic acids is 2. The first-order chi connectivity index (χ1) is 9.54. The summed E-state index contributed by atoms with van der Waals surface area (Å²) < 4.78 is 5.02. The summed E-state index contributed by atoms with van der Waals surface area (Å²) in [6.07, 6.45) is 5.80. The van der Waals surface area contributed by atoms with Crippen LogP contribution in [0.2, 0.25) is 0 Å². The largest absolute Gasteiger partial charge is 0.462 e. The van der Waals surface area contributed by atoms with E-state index in [0.29, 0.717) is 17.7 Å². The predicted octanol–water partition coefficient (Wildman–Crippen LogP) is 2.16. The van der Waals surface area contributed by atoms with E-state index < -0.39 is 5.97 Å². The molecule has 0 saturated carbocycles. The van der Waals surface area contributed by atoms with Crippen LogP contribution in [0.3, 0.4) is 0 Å². The summed E-state index contributed by atoms with van der Waals surface area (Å²) in [4.78, 5) is 29.5. The van der Waals surface area contributed by atoms with Crippen molar-refractivity contribution in [1.29, 1.82) is 0 Å². The average Bonchev–Trinajstić information content (AvgIpc) is 2.74. The molecular formula is C15H20N2O3. The van der Waals surface area contributed by atoms with Gasteiger partial charge in [-0.1, -0.05) is 0 Å². The number of rotatable bonds is 3. The Labute approximate surface area is 118 Å². The quantitative estimate of drug-likeness (QED) is 0.522. The van der Waals surface area contributed by atoms with Gasteiger partial charge < -0.3 is 14.6 Å². The van der Waals surface area contributed by atoms with Crippen molar-refractivity contribution in [2.45, 2.75) is 26.2 Å². The zero-order valence-corrected chi connectivity index (χ0v) is 12.2. The van der Waals surface area contributed by atoms with Crippen molar-refractivity contribution >= 4 is 11.8 Å². The number of nitrogens with zero attached hydrogens (tertiary/aromatic N) is 1. The van der Waals surface area contributed by atoms with Crippen molar-refractivity contribution in [1.82, 2.24) is 9.88 Å². The summed E-state index contributed by atoms with van der Waals surface area (Å²) in [5.41, 5.74) is 2.39. The van der Waals surface area contributed by atoms with Crippen LogP contribution in [0.1, 0.15) is 46.2 Å². The Morgan fingerprint density at radius 3 is 2.85 bits per heavy atom. The third kappa shape index (κ3) is 2.76. The van der Waals surface area contributed by atoms with E-state index in [0.717, 1.165) is 30.5 Å². The summed E-state index contributed by atoms with van der Waals surface area (Å²) in [7, 11) is 3.77. The van der Waals surface area contributed by atoms with Crippen LogP contribution in [0.5, 0.6) is 0 Å². The number of nitrogens with one attached hydrogen (secondary N) is 1. The molecule has 0 aliphatic heterocycles. The van der Waals surface area contributed by atoms with Crippen LogP contribution < -0.4 is 0 Å². The van der Waals surface area contributed by atoms with Crippen molar-refractivity contribution in [3.05, 3.63) is 34.8 Å². The second-order valence-electron chi connectivity index (χ2n) is 5.08. The third-order valence-electron chi connectivity index (χ3n) is 3.26. The first-order valence-electron chi connectivity index (χ1n) is 6.83. The maximum absolute atomic E-state index is 12.6. The van der Waals surface area contributed by atoms with Gasteiger partial charge in [-0.25, -0.2) is 4.79 Å². The number of ether oxygens (including phenoxy) is 1. The SMILES string of the molecule is CCOC(=O)c1c[nH]c2c1C(=O)/C(=C\N(C)C)CCC2. The minimum Gasteiger partial charge on any atom is -0.462 e. The van der Waals surface area contributed by atoms with Gasteiger partial charge in [-0.15, -0.1) is 0 Å². The van der Waals surface area contributed by atoms with Gasteiger partial charge >= 0.3 is 5.97 Å². The second kappa shape index (κ2) is 5.94. The van der Waals surface area contributed by atoms with E-state index in [1.807, 2.05) is 25.2 Å². The summed E-state index contributed by atoms with van der Waals surface area (Å²) in [5, 5.41) is 0. The number of carbonyl (C=O) groups is 2.